The van der Waals surface area contributed by atoms with Gasteiger partial charge in [0.1, 0.15) is 5.78 Å². The summed E-state index contributed by atoms with van der Waals surface area (Å²) in [5.74, 6) is 0.274. The van der Waals surface area contributed by atoms with Gasteiger partial charge in [-0.05, 0) is 25.3 Å². The van der Waals surface area contributed by atoms with E-state index in [1.54, 1.807) is 6.92 Å². The molecular weight excluding hydrogens is 212 g/mol. The summed E-state index contributed by atoms with van der Waals surface area (Å²) >= 11 is 0. The first-order valence-corrected chi connectivity index (χ1v) is 6.54. The van der Waals surface area contributed by atoms with Crippen molar-refractivity contribution in [3.05, 3.63) is 23.8 Å². The van der Waals surface area contributed by atoms with Gasteiger partial charge in [-0.3, -0.25) is 14.6 Å². The molecule has 2 rings (SSSR count). The van der Waals surface area contributed by atoms with Crippen molar-refractivity contribution < 1.29 is 4.79 Å². The molecule has 0 aromatic heterocycles. The van der Waals surface area contributed by atoms with E-state index in [1.807, 2.05) is 0 Å². The first kappa shape index (κ1) is 12.5. The zero-order valence-electron chi connectivity index (χ0n) is 10.7. The van der Waals surface area contributed by atoms with Gasteiger partial charge in [-0.1, -0.05) is 18.2 Å². The van der Waals surface area contributed by atoms with E-state index < -0.39 is 0 Å². The van der Waals surface area contributed by atoms with E-state index in [9.17, 15) is 4.79 Å². The topological polar surface area (TPSA) is 23.6 Å². The fourth-order valence-electron chi connectivity index (χ4n) is 2.46. The summed E-state index contributed by atoms with van der Waals surface area (Å²) in [7, 11) is 0. The number of nitrogens with zero attached hydrogens (tertiary/aromatic N) is 2. The molecule has 1 aliphatic heterocycles. The average Bonchev–Trinajstić information content (AvgIpc) is 2.32. The number of allylic oxidation sites excluding steroid dienone is 2. The summed E-state index contributed by atoms with van der Waals surface area (Å²) in [5.41, 5.74) is 1.45. The van der Waals surface area contributed by atoms with Gasteiger partial charge in [0.25, 0.3) is 0 Å². The third-order valence-corrected chi connectivity index (χ3v) is 3.39. The highest BCUT2D eigenvalue weighted by Crippen LogP contribution is 2.12. The number of ketones is 1. The minimum atomic E-state index is 0.274. The number of rotatable bonds is 4. The lowest BCUT2D eigenvalue weighted by molar-refractivity contribution is -0.118. The van der Waals surface area contributed by atoms with Gasteiger partial charge in [0.2, 0.25) is 0 Å². The summed E-state index contributed by atoms with van der Waals surface area (Å²) in [6.45, 7) is 7.58. The average molecular weight is 234 g/mol. The smallest absolute Gasteiger partial charge is 0.143 e. The van der Waals surface area contributed by atoms with Gasteiger partial charge in [0, 0.05) is 32.7 Å². The van der Waals surface area contributed by atoms with Gasteiger partial charge in [-0.15, -0.1) is 0 Å². The monoisotopic (exact) mass is 234 g/mol. The molecule has 17 heavy (non-hydrogen) atoms. The minimum absolute atomic E-state index is 0.274. The summed E-state index contributed by atoms with van der Waals surface area (Å²) in [4.78, 5) is 15.8. The zero-order chi connectivity index (χ0) is 12.1. The third-order valence-electron chi connectivity index (χ3n) is 3.39. The Bertz CT molecular complexity index is 325. The molecule has 0 amide bonds. The van der Waals surface area contributed by atoms with Crippen LogP contribution in [0.2, 0.25) is 0 Å². The van der Waals surface area contributed by atoms with Crippen LogP contribution in [0.5, 0.6) is 0 Å². The Kier molecular flexibility index (Phi) is 4.51. The van der Waals surface area contributed by atoms with Crippen LogP contribution in [0.4, 0.5) is 0 Å². The predicted octanol–water partition coefficient (Wildman–Crippen LogP) is 1.47. The van der Waals surface area contributed by atoms with Crippen LogP contribution in [0.1, 0.15) is 19.8 Å². The van der Waals surface area contributed by atoms with Crippen molar-refractivity contribution in [1.82, 2.24) is 9.80 Å². The third kappa shape index (κ3) is 4.10. The van der Waals surface area contributed by atoms with Gasteiger partial charge in [0.15, 0.2) is 0 Å². The number of Topliss-reactive ketones (excluding diaryl/α,β-unsaturated/α-hetero) is 1. The molecule has 0 spiro atoms. The van der Waals surface area contributed by atoms with E-state index in [1.165, 1.54) is 18.4 Å². The van der Waals surface area contributed by atoms with Gasteiger partial charge >= 0.3 is 0 Å². The van der Waals surface area contributed by atoms with Crippen molar-refractivity contribution in [2.24, 2.45) is 0 Å². The Morgan fingerprint density at radius 2 is 1.88 bits per heavy atom. The Morgan fingerprint density at radius 1 is 1.18 bits per heavy atom. The number of hydrogen-bond donors (Lipinski definition) is 0. The van der Waals surface area contributed by atoms with Crippen LogP contribution < -0.4 is 0 Å². The lowest BCUT2D eigenvalue weighted by Crippen LogP contribution is -2.48. The van der Waals surface area contributed by atoms with E-state index in [-0.39, 0.29) is 5.78 Å². The van der Waals surface area contributed by atoms with E-state index in [4.69, 9.17) is 0 Å². The number of carbonyl (C=O) groups is 1. The molecule has 1 saturated heterocycles. The van der Waals surface area contributed by atoms with Gasteiger partial charge in [-0.25, -0.2) is 0 Å². The van der Waals surface area contributed by atoms with Gasteiger partial charge in [-0.2, -0.15) is 0 Å². The van der Waals surface area contributed by atoms with Crippen LogP contribution in [0.3, 0.4) is 0 Å². The van der Waals surface area contributed by atoms with Gasteiger partial charge in [0.05, 0.1) is 6.54 Å². The summed E-state index contributed by atoms with van der Waals surface area (Å²) in [5, 5.41) is 0. The fourth-order valence-corrected chi connectivity index (χ4v) is 2.46. The SMILES string of the molecule is CC(=O)CN1CCN(CC2=CCCC=C2)CC1. The second-order valence-corrected chi connectivity index (χ2v) is 5.01. The molecule has 0 radical (unpaired) electrons. The molecule has 3 nitrogen and oxygen atoms in total. The standard InChI is InChI=1S/C14H22N2O/c1-13(17)11-15-7-9-16(10-8-15)12-14-5-3-2-4-6-14/h3,5-6H,2,4,7-12H2,1H3. The number of hydrogen-bond acceptors (Lipinski definition) is 3. The van der Waals surface area contributed by atoms with Crippen molar-refractivity contribution in [2.75, 3.05) is 39.3 Å². The Labute approximate surface area is 104 Å². The molecule has 2 aliphatic rings. The van der Waals surface area contributed by atoms with Crippen molar-refractivity contribution in [1.29, 1.82) is 0 Å². The molecular formula is C14H22N2O. The van der Waals surface area contributed by atoms with Crippen molar-refractivity contribution in [2.45, 2.75) is 19.8 Å². The minimum Gasteiger partial charge on any atom is -0.299 e. The van der Waals surface area contributed by atoms with Crippen LogP contribution in [-0.4, -0.2) is 54.9 Å². The molecule has 0 bridgehead atoms. The number of piperazine rings is 1. The maximum atomic E-state index is 11.0. The molecule has 0 aromatic carbocycles. The summed E-state index contributed by atoms with van der Waals surface area (Å²) in [6.07, 6.45) is 9.25. The van der Waals surface area contributed by atoms with Crippen LogP contribution in [0, 0.1) is 0 Å². The molecule has 0 atom stereocenters. The Hall–Kier alpha value is -0.930. The zero-order valence-corrected chi connectivity index (χ0v) is 10.7. The van der Waals surface area contributed by atoms with Crippen molar-refractivity contribution >= 4 is 5.78 Å². The molecule has 0 aromatic rings. The van der Waals surface area contributed by atoms with Crippen molar-refractivity contribution in [3.8, 4) is 0 Å². The van der Waals surface area contributed by atoms with Crippen LogP contribution in [0.15, 0.2) is 23.8 Å². The molecule has 3 heteroatoms. The maximum absolute atomic E-state index is 11.0. The Balaban J connectivity index is 1.73. The van der Waals surface area contributed by atoms with Gasteiger partial charge < -0.3 is 0 Å². The fraction of sp³-hybridized carbons (Fsp3) is 0.643. The highest BCUT2D eigenvalue weighted by atomic mass is 16.1. The van der Waals surface area contributed by atoms with Crippen LogP contribution in [0.25, 0.3) is 0 Å². The molecule has 94 valence electrons. The normalized spacial score (nSPS) is 22.5. The van der Waals surface area contributed by atoms with Crippen LogP contribution >= 0.6 is 0 Å². The summed E-state index contributed by atoms with van der Waals surface area (Å²) < 4.78 is 0. The van der Waals surface area contributed by atoms with E-state index >= 15 is 0 Å². The molecule has 0 N–H and O–H groups in total. The number of carbonyl (C=O) groups excluding carboxylic acids is 1. The van der Waals surface area contributed by atoms with Crippen LogP contribution in [-0.2, 0) is 4.79 Å². The first-order chi connectivity index (χ1) is 8.24. The highest BCUT2D eigenvalue weighted by molar-refractivity contribution is 5.77. The lowest BCUT2D eigenvalue weighted by Gasteiger charge is -2.34. The molecule has 0 unspecified atom stereocenters. The Morgan fingerprint density at radius 3 is 2.47 bits per heavy atom. The second-order valence-electron chi connectivity index (χ2n) is 5.01. The first-order valence-electron chi connectivity index (χ1n) is 6.54. The summed E-state index contributed by atoms with van der Waals surface area (Å²) in [6, 6.07) is 0. The molecule has 0 saturated carbocycles. The largest absolute Gasteiger partial charge is 0.299 e. The maximum Gasteiger partial charge on any atom is 0.143 e. The van der Waals surface area contributed by atoms with E-state index in [0.29, 0.717) is 6.54 Å². The van der Waals surface area contributed by atoms with E-state index in [0.717, 1.165) is 32.7 Å². The second kappa shape index (κ2) is 6.12. The predicted molar refractivity (Wildman–Crippen MR) is 70.0 cm³/mol. The van der Waals surface area contributed by atoms with Crippen molar-refractivity contribution in [3.63, 3.8) is 0 Å². The molecule has 1 fully saturated rings. The van der Waals surface area contributed by atoms with E-state index in [2.05, 4.69) is 28.0 Å². The highest BCUT2D eigenvalue weighted by Gasteiger charge is 2.17. The lowest BCUT2D eigenvalue weighted by atomic mass is 10.1. The molecule has 1 aliphatic carbocycles. The molecule has 1 heterocycles. The quantitative estimate of drug-likeness (QED) is 0.736.